The molecule has 1 aliphatic heterocycles. The molecule has 2 aromatic heterocycles. The normalized spacial score (nSPS) is 12.9. The van der Waals surface area contributed by atoms with Gasteiger partial charge >= 0.3 is 5.69 Å². The van der Waals surface area contributed by atoms with Crippen molar-refractivity contribution in [3.8, 4) is 11.3 Å². The fraction of sp³-hybridized carbons (Fsp3) is 0.182. The van der Waals surface area contributed by atoms with Crippen molar-refractivity contribution >= 4 is 28.2 Å². The Morgan fingerprint density at radius 1 is 1.27 bits per heavy atom. The number of para-hydroxylation sites is 1. The number of nitrogens with one attached hydrogen (secondary N) is 1. The van der Waals surface area contributed by atoms with E-state index in [9.17, 15) is 14.5 Å². The molecule has 2 aromatic carbocycles. The Morgan fingerprint density at radius 2 is 2.13 bits per heavy atom. The lowest BCUT2D eigenvalue weighted by atomic mass is 10.0. The molecule has 0 aliphatic carbocycles. The molecule has 1 N–H and O–H groups in total. The van der Waals surface area contributed by atoms with Gasteiger partial charge in [0.2, 0.25) is 11.8 Å². The Kier molecular flexibility index (Phi) is 4.20. The van der Waals surface area contributed by atoms with Crippen molar-refractivity contribution in [1.29, 1.82) is 0 Å². The maximum atomic E-state index is 13.8. The summed E-state index contributed by atoms with van der Waals surface area (Å²) in [6.45, 7) is 2.64. The van der Waals surface area contributed by atoms with E-state index in [2.05, 4.69) is 44.2 Å². The molecule has 0 bridgehead atoms. The van der Waals surface area contributed by atoms with E-state index in [-0.39, 0.29) is 0 Å². The second kappa shape index (κ2) is 6.91. The Labute approximate surface area is 171 Å². The predicted octanol–water partition coefficient (Wildman–Crippen LogP) is 5.14. The van der Waals surface area contributed by atoms with Crippen LogP contribution in [0.15, 0.2) is 48.8 Å². The average Bonchev–Trinajstić information content (AvgIpc) is 3.11. The number of nitro groups is 1. The molecule has 5 rings (SSSR count). The maximum Gasteiger partial charge on any atom is 0.306 e. The summed E-state index contributed by atoms with van der Waals surface area (Å²) < 4.78 is 16.1. The van der Waals surface area contributed by atoms with Crippen LogP contribution in [0.2, 0.25) is 0 Å². The third kappa shape index (κ3) is 2.97. The highest BCUT2D eigenvalue weighted by atomic mass is 19.1. The van der Waals surface area contributed by atoms with Crippen molar-refractivity contribution in [2.24, 2.45) is 0 Å². The minimum absolute atomic E-state index is 0.295. The van der Waals surface area contributed by atoms with Crippen LogP contribution in [-0.4, -0.2) is 19.5 Å². The molecule has 1 aliphatic rings. The van der Waals surface area contributed by atoms with Gasteiger partial charge in [0.15, 0.2) is 0 Å². The molecular formula is C22H18FN5O2. The summed E-state index contributed by atoms with van der Waals surface area (Å²) in [4.78, 5) is 19.2. The van der Waals surface area contributed by atoms with Crippen LogP contribution in [0.5, 0.6) is 0 Å². The smallest absolute Gasteiger partial charge is 0.306 e. The summed E-state index contributed by atoms with van der Waals surface area (Å²) in [5.41, 5.74) is 4.68. The van der Waals surface area contributed by atoms with E-state index in [0.717, 1.165) is 42.1 Å². The summed E-state index contributed by atoms with van der Waals surface area (Å²) in [5.74, 6) is -0.574. The molecule has 7 nitrogen and oxygen atoms in total. The van der Waals surface area contributed by atoms with Crippen LogP contribution in [0, 0.1) is 22.9 Å². The van der Waals surface area contributed by atoms with Gasteiger partial charge in [-0.05, 0) is 43.0 Å². The molecule has 8 heteroatoms. The molecule has 0 radical (unpaired) electrons. The lowest BCUT2D eigenvalue weighted by molar-refractivity contribution is -0.387. The third-order valence-electron chi connectivity index (χ3n) is 5.50. The first-order valence-electron chi connectivity index (χ1n) is 9.67. The quantitative estimate of drug-likeness (QED) is 0.376. The van der Waals surface area contributed by atoms with Crippen LogP contribution in [0.25, 0.3) is 22.2 Å². The van der Waals surface area contributed by atoms with E-state index < -0.39 is 16.4 Å². The highest BCUT2D eigenvalue weighted by molar-refractivity contribution is 5.97. The molecule has 0 unspecified atom stereocenters. The Balaban J connectivity index is 1.55. The SMILES string of the molecule is Cc1cc(F)c([N+](=O)[O-])cc1Nc1nccc(-c2cn3c4c(cccc24)CCC3)n1. The predicted molar refractivity (Wildman–Crippen MR) is 112 cm³/mol. The number of halogens is 1. The first-order valence-corrected chi connectivity index (χ1v) is 9.67. The Morgan fingerprint density at radius 3 is 2.97 bits per heavy atom. The van der Waals surface area contributed by atoms with Crippen molar-refractivity contribution in [2.45, 2.75) is 26.3 Å². The fourth-order valence-electron chi connectivity index (χ4n) is 4.09. The number of hydrogen-bond donors (Lipinski definition) is 1. The summed E-state index contributed by atoms with van der Waals surface area (Å²) in [7, 11) is 0. The van der Waals surface area contributed by atoms with Gasteiger partial charge in [-0.25, -0.2) is 9.97 Å². The van der Waals surface area contributed by atoms with Crippen molar-refractivity contribution in [3.63, 3.8) is 0 Å². The minimum atomic E-state index is -0.869. The van der Waals surface area contributed by atoms with E-state index >= 15 is 0 Å². The highest BCUT2D eigenvalue weighted by Gasteiger charge is 2.19. The minimum Gasteiger partial charge on any atom is -0.347 e. The van der Waals surface area contributed by atoms with E-state index in [1.807, 2.05) is 6.07 Å². The van der Waals surface area contributed by atoms with Crippen LogP contribution in [0.4, 0.5) is 21.7 Å². The zero-order valence-corrected chi connectivity index (χ0v) is 16.2. The molecular weight excluding hydrogens is 385 g/mol. The molecule has 0 amide bonds. The van der Waals surface area contributed by atoms with Crippen LogP contribution in [-0.2, 0) is 13.0 Å². The van der Waals surface area contributed by atoms with Crippen molar-refractivity contribution < 1.29 is 9.31 Å². The molecule has 4 aromatic rings. The fourth-order valence-corrected chi connectivity index (χ4v) is 4.09. The zero-order chi connectivity index (χ0) is 20.8. The van der Waals surface area contributed by atoms with Crippen LogP contribution in [0.3, 0.4) is 0 Å². The second-order valence-corrected chi connectivity index (χ2v) is 7.42. The van der Waals surface area contributed by atoms with Crippen LogP contribution >= 0.6 is 0 Å². The summed E-state index contributed by atoms with van der Waals surface area (Å²) in [5, 5.41) is 15.2. The molecule has 150 valence electrons. The summed E-state index contributed by atoms with van der Waals surface area (Å²) in [6, 6.07) is 10.5. The standard InChI is InChI=1S/C22H18FN5O2/c1-13-10-17(23)20(28(29)30)11-19(13)26-22-24-8-7-18(25-22)16-12-27-9-3-5-14-4-2-6-15(16)21(14)27/h2,4,6-8,10-12H,3,5,9H2,1H3,(H,24,25,26). The molecule has 0 atom stereocenters. The monoisotopic (exact) mass is 403 g/mol. The lowest BCUT2D eigenvalue weighted by Crippen LogP contribution is -2.05. The number of aryl methyl sites for hydroxylation is 3. The zero-order valence-electron chi connectivity index (χ0n) is 16.2. The third-order valence-corrected chi connectivity index (χ3v) is 5.50. The number of aromatic nitrogens is 3. The molecule has 0 fully saturated rings. The van der Waals surface area contributed by atoms with Gasteiger partial charge in [0.25, 0.3) is 0 Å². The lowest BCUT2D eigenvalue weighted by Gasteiger charge is -2.14. The van der Waals surface area contributed by atoms with E-state index in [1.165, 1.54) is 17.1 Å². The Hall–Kier alpha value is -3.81. The van der Waals surface area contributed by atoms with Crippen molar-refractivity contribution in [2.75, 3.05) is 5.32 Å². The first-order chi connectivity index (χ1) is 14.5. The van der Waals surface area contributed by atoms with Gasteiger partial charge < -0.3 is 9.88 Å². The van der Waals surface area contributed by atoms with Gasteiger partial charge in [0.1, 0.15) is 0 Å². The number of nitrogens with zero attached hydrogens (tertiary/aromatic N) is 4. The number of nitro benzene ring substituents is 1. The van der Waals surface area contributed by atoms with E-state index in [1.54, 1.807) is 13.1 Å². The van der Waals surface area contributed by atoms with E-state index in [0.29, 0.717) is 17.2 Å². The Bertz CT molecular complexity index is 1310. The van der Waals surface area contributed by atoms with Gasteiger partial charge in [-0.3, -0.25) is 10.1 Å². The van der Waals surface area contributed by atoms with Crippen molar-refractivity contribution in [3.05, 3.63) is 75.9 Å². The maximum absolute atomic E-state index is 13.8. The molecule has 0 saturated heterocycles. The van der Waals surface area contributed by atoms with E-state index in [4.69, 9.17) is 0 Å². The molecule has 0 spiro atoms. The number of benzene rings is 2. The van der Waals surface area contributed by atoms with Gasteiger partial charge in [-0.15, -0.1) is 0 Å². The first kappa shape index (κ1) is 18.2. The molecule has 30 heavy (non-hydrogen) atoms. The highest BCUT2D eigenvalue weighted by Crippen LogP contribution is 2.35. The molecule has 3 heterocycles. The largest absolute Gasteiger partial charge is 0.347 e. The second-order valence-electron chi connectivity index (χ2n) is 7.42. The van der Waals surface area contributed by atoms with Crippen LogP contribution < -0.4 is 5.32 Å². The van der Waals surface area contributed by atoms with Crippen molar-refractivity contribution in [1.82, 2.24) is 14.5 Å². The van der Waals surface area contributed by atoms with Gasteiger partial charge in [-0.2, -0.15) is 4.39 Å². The summed E-state index contributed by atoms with van der Waals surface area (Å²) in [6.07, 6.45) is 5.94. The topological polar surface area (TPSA) is 85.9 Å². The number of hydrogen-bond acceptors (Lipinski definition) is 5. The van der Waals surface area contributed by atoms with Gasteiger partial charge in [0.05, 0.1) is 21.8 Å². The number of anilines is 2. The van der Waals surface area contributed by atoms with Gasteiger partial charge in [0, 0.05) is 36.0 Å². The van der Waals surface area contributed by atoms with Crippen LogP contribution in [0.1, 0.15) is 17.5 Å². The summed E-state index contributed by atoms with van der Waals surface area (Å²) >= 11 is 0. The van der Waals surface area contributed by atoms with Gasteiger partial charge in [-0.1, -0.05) is 18.2 Å². The average molecular weight is 403 g/mol. The number of rotatable bonds is 4. The molecule has 0 saturated carbocycles.